The van der Waals surface area contributed by atoms with Gasteiger partial charge in [0.25, 0.3) is 0 Å². The average molecular weight is 289 g/mol. The highest BCUT2D eigenvalue weighted by atomic mass is 16.3. The van der Waals surface area contributed by atoms with Gasteiger partial charge in [-0.25, -0.2) is 0 Å². The maximum Gasteiger partial charge on any atom is 0.176 e. The van der Waals surface area contributed by atoms with E-state index in [1.807, 2.05) is 0 Å². The number of phenolic OH excluding ortho intramolecular Hbond substituents is 1. The van der Waals surface area contributed by atoms with Crippen LogP contribution in [0.5, 0.6) is 5.75 Å². The number of carbonyl (C=O) groups is 1. The lowest BCUT2D eigenvalue weighted by Crippen LogP contribution is -2.38. The van der Waals surface area contributed by atoms with Gasteiger partial charge in [-0.15, -0.1) is 0 Å². The number of Topliss-reactive ketones (excluding diaryl/α,β-unsaturated/α-hetero) is 1. The molecule has 3 heteroatoms. The normalized spacial score (nSPS) is 16.0. The van der Waals surface area contributed by atoms with Gasteiger partial charge in [0.15, 0.2) is 5.78 Å². The van der Waals surface area contributed by atoms with Gasteiger partial charge in [-0.1, -0.05) is 26.7 Å². The quantitative estimate of drug-likeness (QED) is 0.775. The molecule has 1 fully saturated rings. The Hall–Kier alpha value is -1.35. The Kier molecular flexibility index (Phi) is 5.80. The molecule has 0 amide bonds. The molecule has 2 rings (SSSR count). The van der Waals surface area contributed by atoms with Crippen molar-refractivity contribution in [3.8, 4) is 5.75 Å². The number of hydrogen-bond acceptors (Lipinski definition) is 3. The van der Waals surface area contributed by atoms with Crippen LogP contribution >= 0.6 is 0 Å². The number of hydrogen-bond donors (Lipinski definition) is 1. The topological polar surface area (TPSA) is 40.5 Å². The van der Waals surface area contributed by atoms with E-state index in [0.29, 0.717) is 24.1 Å². The maximum atomic E-state index is 12.4. The summed E-state index contributed by atoms with van der Waals surface area (Å²) < 4.78 is 0. The van der Waals surface area contributed by atoms with Gasteiger partial charge in [-0.05, 0) is 56.0 Å². The summed E-state index contributed by atoms with van der Waals surface area (Å²) in [5.41, 5.74) is 0.695. The van der Waals surface area contributed by atoms with Crippen molar-refractivity contribution in [1.82, 2.24) is 4.90 Å². The Morgan fingerprint density at radius 1 is 1.24 bits per heavy atom. The molecule has 0 heterocycles. The molecule has 3 nitrogen and oxygen atoms in total. The van der Waals surface area contributed by atoms with Crippen molar-refractivity contribution >= 4 is 5.78 Å². The lowest BCUT2D eigenvalue weighted by molar-refractivity contribution is 0.0886. The fourth-order valence-corrected chi connectivity index (χ4v) is 3.01. The highest BCUT2D eigenvalue weighted by molar-refractivity contribution is 5.97. The van der Waals surface area contributed by atoms with E-state index in [0.717, 1.165) is 13.0 Å². The third-order valence-corrected chi connectivity index (χ3v) is 4.37. The first-order chi connectivity index (χ1) is 10.1. The minimum absolute atomic E-state index is 0.158. The fourth-order valence-electron chi connectivity index (χ4n) is 3.01. The van der Waals surface area contributed by atoms with Crippen molar-refractivity contribution in [2.75, 3.05) is 13.1 Å². The Labute approximate surface area is 128 Å². The molecule has 21 heavy (non-hydrogen) atoms. The molecule has 0 unspecified atom stereocenters. The molecule has 1 aliphatic carbocycles. The molecular weight excluding hydrogens is 262 g/mol. The molecule has 0 saturated heterocycles. The molecule has 0 radical (unpaired) electrons. The molecule has 0 atom stereocenters. The van der Waals surface area contributed by atoms with Crippen LogP contribution in [0, 0.1) is 5.92 Å². The molecule has 1 N–H and O–H groups in total. The summed E-state index contributed by atoms with van der Waals surface area (Å²) in [4.78, 5) is 14.8. The molecule has 0 aromatic heterocycles. The van der Waals surface area contributed by atoms with Crippen LogP contribution in [-0.4, -0.2) is 34.9 Å². The Bertz CT molecular complexity index is 447. The number of carbonyl (C=O) groups excluding carboxylic acids is 1. The van der Waals surface area contributed by atoms with Crippen molar-refractivity contribution < 1.29 is 9.90 Å². The molecule has 116 valence electrons. The summed E-state index contributed by atoms with van der Waals surface area (Å²) in [5, 5.41) is 9.32. The van der Waals surface area contributed by atoms with Crippen LogP contribution in [0.1, 0.15) is 56.3 Å². The lowest BCUT2D eigenvalue weighted by atomic mass is 10.1. The van der Waals surface area contributed by atoms with Crippen LogP contribution in [0.4, 0.5) is 0 Å². The van der Waals surface area contributed by atoms with E-state index in [1.165, 1.54) is 25.7 Å². The van der Waals surface area contributed by atoms with E-state index >= 15 is 0 Å². The minimum Gasteiger partial charge on any atom is -0.508 e. The zero-order valence-corrected chi connectivity index (χ0v) is 13.2. The number of rotatable bonds is 7. The van der Waals surface area contributed by atoms with E-state index in [2.05, 4.69) is 18.7 Å². The van der Waals surface area contributed by atoms with Gasteiger partial charge < -0.3 is 5.11 Å². The van der Waals surface area contributed by atoms with Gasteiger partial charge in [0.2, 0.25) is 0 Å². The van der Waals surface area contributed by atoms with E-state index < -0.39 is 0 Å². The van der Waals surface area contributed by atoms with Crippen LogP contribution in [0.15, 0.2) is 24.3 Å². The number of benzene rings is 1. The van der Waals surface area contributed by atoms with Gasteiger partial charge in [-0.2, -0.15) is 0 Å². The van der Waals surface area contributed by atoms with Crippen LogP contribution < -0.4 is 0 Å². The Balaban J connectivity index is 1.99. The standard InChI is InChI=1S/C18H27NO2/c1-14(2)11-12-19(16-5-3-4-6-16)13-18(21)15-7-9-17(20)10-8-15/h7-10,14,16,20H,3-6,11-13H2,1-2H3. The van der Waals surface area contributed by atoms with Gasteiger partial charge in [-0.3, -0.25) is 9.69 Å². The number of aromatic hydroxyl groups is 1. The predicted molar refractivity (Wildman–Crippen MR) is 85.7 cm³/mol. The molecule has 1 aromatic carbocycles. The molecule has 1 saturated carbocycles. The fraction of sp³-hybridized carbons (Fsp3) is 0.611. The summed E-state index contributed by atoms with van der Waals surface area (Å²) in [6.07, 6.45) is 6.16. The number of nitrogens with zero attached hydrogens (tertiary/aromatic N) is 1. The van der Waals surface area contributed by atoms with Gasteiger partial charge in [0.05, 0.1) is 6.54 Å². The van der Waals surface area contributed by atoms with Crippen LogP contribution in [0.25, 0.3) is 0 Å². The highest BCUT2D eigenvalue weighted by Crippen LogP contribution is 2.24. The number of ketones is 1. The minimum atomic E-state index is 0.158. The largest absolute Gasteiger partial charge is 0.508 e. The zero-order chi connectivity index (χ0) is 15.2. The van der Waals surface area contributed by atoms with Crippen molar-refractivity contribution in [2.45, 2.75) is 52.0 Å². The monoisotopic (exact) mass is 289 g/mol. The van der Waals surface area contributed by atoms with Crippen LogP contribution in [0.3, 0.4) is 0 Å². The lowest BCUT2D eigenvalue weighted by Gasteiger charge is -2.28. The second-order valence-electron chi connectivity index (χ2n) is 6.56. The summed E-state index contributed by atoms with van der Waals surface area (Å²) in [6.45, 7) is 5.97. The van der Waals surface area contributed by atoms with Gasteiger partial charge in [0.1, 0.15) is 5.75 Å². The summed E-state index contributed by atoms with van der Waals surface area (Å²) in [6, 6.07) is 7.17. The van der Waals surface area contributed by atoms with E-state index in [-0.39, 0.29) is 11.5 Å². The second kappa shape index (κ2) is 7.60. The molecule has 0 spiro atoms. The average Bonchev–Trinajstić information content (AvgIpc) is 2.97. The first-order valence-corrected chi connectivity index (χ1v) is 8.12. The van der Waals surface area contributed by atoms with Gasteiger partial charge >= 0.3 is 0 Å². The van der Waals surface area contributed by atoms with Crippen LogP contribution in [0.2, 0.25) is 0 Å². The van der Waals surface area contributed by atoms with E-state index in [1.54, 1.807) is 24.3 Å². The van der Waals surface area contributed by atoms with E-state index in [9.17, 15) is 9.90 Å². The van der Waals surface area contributed by atoms with E-state index in [4.69, 9.17) is 0 Å². The molecular formula is C18H27NO2. The molecule has 0 aliphatic heterocycles. The third-order valence-electron chi connectivity index (χ3n) is 4.37. The van der Waals surface area contributed by atoms with Crippen molar-refractivity contribution in [3.63, 3.8) is 0 Å². The SMILES string of the molecule is CC(C)CCN(CC(=O)c1ccc(O)cc1)C1CCCC1. The van der Waals surface area contributed by atoms with Crippen molar-refractivity contribution in [1.29, 1.82) is 0 Å². The summed E-state index contributed by atoms with van der Waals surface area (Å²) in [5.74, 6) is 1.03. The predicted octanol–water partition coefficient (Wildman–Crippen LogP) is 3.87. The zero-order valence-electron chi connectivity index (χ0n) is 13.2. The summed E-state index contributed by atoms with van der Waals surface area (Å²) in [7, 11) is 0. The van der Waals surface area contributed by atoms with Crippen molar-refractivity contribution in [3.05, 3.63) is 29.8 Å². The molecule has 1 aromatic rings. The summed E-state index contributed by atoms with van der Waals surface area (Å²) >= 11 is 0. The van der Waals surface area contributed by atoms with Gasteiger partial charge in [0, 0.05) is 11.6 Å². The smallest absolute Gasteiger partial charge is 0.176 e. The molecule has 0 bridgehead atoms. The van der Waals surface area contributed by atoms with Crippen LogP contribution in [-0.2, 0) is 0 Å². The number of phenols is 1. The Morgan fingerprint density at radius 3 is 2.43 bits per heavy atom. The third kappa shape index (κ3) is 4.85. The first kappa shape index (κ1) is 16.0. The Morgan fingerprint density at radius 2 is 1.86 bits per heavy atom. The molecule has 1 aliphatic rings. The van der Waals surface area contributed by atoms with Crippen molar-refractivity contribution in [2.24, 2.45) is 5.92 Å². The maximum absolute atomic E-state index is 12.4. The second-order valence-corrected chi connectivity index (χ2v) is 6.56. The first-order valence-electron chi connectivity index (χ1n) is 8.12. The highest BCUT2D eigenvalue weighted by Gasteiger charge is 2.24.